The minimum Gasteiger partial charge on any atom is -0.492 e. The number of rotatable bonds is 4. The van der Waals surface area contributed by atoms with Gasteiger partial charge in [-0.25, -0.2) is 0 Å². The Kier molecular flexibility index (Phi) is 5.04. The molecule has 1 aromatic rings. The molecule has 3 aliphatic heterocycles. The van der Waals surface area contributed by atoms with Gasteiger partial charge in [0.15, 0.2) is 0 Å². The predicted octanol–water partition coefficient (Wildman–Crippen LogP) is 4.48. The van der Waals surface area contributed by atoms with Gasteiger partial charge in [0.25, 0.3) is 0 Å². The Hall–Kier alpha value is -2.70. The highest BCUT2D eigenvalue weighted by atomic mass is 32.2. The van der Waals surface area contributed by atoms with E-state index in [4.69, 9.17) is 9.72 Å². The van der Waals surface area contributed by atoms with Gasteiger partial charge < -0.3 is 19.7 Å². The summed E-state index contributed by atoms with van der Waals surface area (Å²) in [6.07, 6.45) is 4.17. The van der Waals surface area contributed by atoms with Gasteiger partial charge in [-0.15, -0.1) is 0 Å². The van der Waals surface area contributed by atoms with Crippen LogP contribution in [0.3, 0.4) is 0 Å². The molecular formula is C23H24N4OS. The molecule has 0 amide bonds. The van der Waals surface area contributed by atoms with Gasteiger partial charge >= 0.3 is 0 Å². The molecular weight excluding hydrogens is 380 g/mol. The van der Waals surface area contributed by atoms with E-state index in [0.717, 1.165) is 31.1 Å². The molecule has 4 aliphatic rings. The fourth-order valence-electron chi connectivity index (χ4n) is 4.04. The van der Waals surface area contributed by atoms with Crippen molar-refractivity contribution in [3.63, 3.8) is 0 Å². The lowest BCUT2D eigenvalue weighted by molar-refractivity contribution is 0.256. The molecule has 0 unspecified atom stereocenters. The molecule has 1 aliphatic carbocycles. The normalized spacial score (nSPS) is 18.7. The quantitative estimate of drug-likeness (QED) is 0.626. The maximum atomic E-state index is 6.01. The van der Waals surface area contributed by atoms with E-state index in [2.05, 4.69) is 40.1 Å². The van der Waals surface area contributed by atoms with Gasteiger partial charge in [-0.05, 0) is 43.1 Å². The number of piperazine rings is 1. The van der Waals surface area contributed by atoms with Crippen molar-refractivity contribution >= 4 is 29.4 Å². The van der Waals surface area contributed by atoms with Crippen molar-refractivity contribution in [3.8, 4) is 17.0 Å². The summed E-state index contributed by atoms with van der Waals surface area (Å²) in [7, 11) is 0. The third kappa shape index (κ3) is 3.66. The number of fused-ring (bicyclic) bond motifs is 3. The molecule has 1 fully saturated rings. The van der Waals surface area contributed by atoms with Gasteiger partial charge in [0.2, 0.25) is 0 Å². The average molecular weight is 405 g/mol. The van der Waals surface area contributed by atoms with Crippen LogP contribution in [0.4, 0.5) is 11.4 Å². The molecule has 6 heteroatoms. The monoisotopic (exact) mass is 404 g/mol. The summed E-state index contributed by atoms with van der Waals surface area (Å²) < 4.78 is 9.54. The van der Waals surface area contributed by atoms with Crippen molar-refractivity contribution < 1.29 is 4.74 Å². The van der Waals surface area contributed by atoms with E-state index >= 15 is 0 Å². The summed E-state index contributed by atoms with van der Waals surface area (Å²) in [5, 5.41) is 3.60. The Balaban J connectivity index is 1.44. The number of anilines is 2. The van der Waals surface area contributed by atoms with E-state index in [1.165, 1.54) is 27.4 Å². The van der Waals surface area contributed by atoms with Crippen molar-refractivity contribution in [3.05, 3.63) is 65.2 Å². The van der Waals surface area contributed by atoms with Gasteiger partial charge in [0, 0.05) is 41.9 Å². The van der Waals surface area contributed by atoms with E-state index in [1.54, 1.807) is 11.9 Å². The molecule has 1 atom stereocenters. The van der Waals surface area contributed by atoms with Crippen LogP contribution in [0.1, 0.15) is 12.5 Å². The standard InChI is InChI=1S/C23H24N4OS/c1-16-13-20-21(26-29-16)19-9-5-6-10-25-22(19)23(20)27-12-11-24-17(14-27)15-28-18-7-3-2-4-8-18/h2-10,13,17,24,26H,11-12,14-15H2,1H3/t17-/m1/s1. The van der Waals surface area contributed by atoms with Crippen molar-refractivity contribution in [2.24, 2.45) is 0 Å². The molecule has 0 aromatic heterocycles. The van der Waals surface area contributed by atoms with Crippen molar-refractivity contribution in [1.82, 2.24) is 10.3 Å². The zero-order chi connectivity index (χ0) is 19.6. The number of benzene rings is 1. The predicted molar refractivity (Wildman–Crippen MR) is 122 cm³/mol. The molecule has 5 nitrogen and oxygen atoms in total. The van der Waals surface area contributed by atoms with Crippen LogP contribution in [0, 0.1) is 0 Å². The number of aromatic nitrogens is 1. The van der Waals surface area contributed by atoms with E-state index < -0.39 is 0 Å². The second kappa shape index (κ2) is 7.97. The highest BCUT2D eigenvalue weighted by Gasteiger charge is 2.31. The Morgan fingerprint density at radius 1 is 1.17 bits per heavy atom. The Labute approximate surface area is 175 Å². The van der Waals surface area contributed by atoms with Gasteiger partial charge in [-0.1, -0.05) is 30.3 Å². The number of nitrogens with zero attached hydrogens (tertiary/aromatic N) is 2. The van der Waals surface area contributed by atoms with Crippen LogP contribution >= 0.6 is 11.9 Å². The van der Waals surface area contributed by atoms with Crippen molar-refractivity contribution in [1.29, 1.82) is 0 Å². The summed E-state index contributed by atoms with van der Waals surface area (Å²) in [5.41, 5.74) is 5.88. The van der Waals surface area contributed by atoms with Gasteiger partial charge in [-0.3, -0.25) is 4.98 Å². The first kappa shape index (κ1) is 18.3. The molecule has 1 saturated heterocycles. The molecule has 2 N–H and O–H groups in total. The summed E-state index contributed by atoms with van der Waals surface area (Å²) in [6.45, 7) is 5.55. The van der Waals surface area contributed by atoms with Crippen LogP contribution in [-0.2, 0) is 0 Å². The fraction of sp³-hybridized carbons (Fsp3) is 0.261. The minimum atomic E-state index is 0.262. The third-order valence-electron chi connectivity index (χ3n) is 5.36. The number of hydrogen-bond donors (Lipinski definition) is 2. The van der Waals surface area contributed by atoms with E-state index in [0.29, 0.717) is 6.61 Å². The summed E-state index contributed by atoms with van der Waals surface area (Å²) in [5.74, 6) is 0.913. The zero-order valence-corrected chi connectivity index (χ0v) is 17.2. The maximum Gasteiger partial charge on any atom is 0.119 e. The SMILES string of the molecule is CC1=Cc2c(c3ccccnc-3c2N2CCN[C@@H](COc3ccccc3)C2)NS1. The van der Waals surface area contributed by atoms with Gasteiger partial charge in [0.1, 0.15) is 12.4 Å². The third-order valence-corrected chi connectivity index (χ3v) is 6.11. The number of allylic oxidation sites excluding steroid dienone is 1. The number of nitrogens with one attached hydrogen (secondary N) is 2. The smallest absolute Gasteiger partial charge is 0.119 e. The van der Waals surface area contributed by atoms with Gasteiger partial charge in [0.05, 0.1) is 23.1 Å². The van der Waals surface area contributed by atoms with Crippen LogP contribution in [0.15, 0.2) is 59.6 Å². The Morgan fingerprint density at radius 3 is 2.93 bits per heavy atom. The van der Waals surface area contributed by atoms with Crippen LogP contribution in [0.2, 0.25) is 0 Å². The van der Waals surface area contributed by atoms with Gasteiger partial charge in [-0.2, -0.15) is 0 Å². The minimum absolute atomic E-state index is 0.262. The first-order valence-corrected chi connectivity index (χ1v) is 10.8. The van der Waals surface area contributed by atoms with E-state index in [9.17, 15) is 0 Å². The lowest BCUT2D eigenvalue weighted by Gasteiger charge is -2.35. The molecule has 0 spiro atoms. The molecule has 3 heterocycles. The van der Waals surface area contributed by atoms with Crippen LogP contribution in [-0.4, -0.2) is 37.3 Å². The first-order chi connectivity index (χ1) is 14.3. The van der Waals surface area contributed by atoms with Crippen LogP contribution < -0.4 is 19.7 Å². The molecule has 0 saturated carbocycles. The average Bonchev–Trinajstić information content (AvgIpc) is 2.89. The Bertz CT molecular complexity index is 1010. The topological polar surface area (TPSA) is 49.4 Å². The molecule has 1 aromatic carbocycles. The molecule has 29 heavy (non-hydrogen) atoms. The lowest BCUT2D eigenvalue weighted by Crippen LogP contribution is -2.53. The van der Waals surface area contributed by atoms with Crippen LogP contribution in [0.25, 0.3) is 17.3 Å². The number of hydrogen-bond acceptors (Lipinski definition) is 6. The van der Waals surface area contributed by atoms with E-state index in [1.807, 2.05) is 42.6 Å². The van der Waals surface area contributed by atoms with E-state index in [-0.39, 0.29) is 6.04 Å². The van der Waals surface area contributed by atoms with Crippen molar-refractivity contribution in [2.75, 3.05) is 35.9 Å². The maximum absolute atomic E-state index is 6.01. The summed E-state index contributed by atoms with van der Waals surface area (Å²) >= 11 is 1.67. The highest BCUT2D eigenvalue weighted by Crippen LogP contribution is 2.50. The fourth-order valence-corrected chi connectivity index (χ4v) is 4.70. The van der Waals surface area contributed by atoms with Crippen molar-refractivity contribution in [2.45, 2.75) is 13.0 Å². The summed E-state index contributed by atoms with van der Waals surface area (Å²) in [4.78, 5) is 8.52. The zero-order valence-electron chi connectivity index (χ0n) is 16.4. The second-order valence-electron chi connectivity index (χ2n) is 7.41. The number of ether oxygens (including phenoxy) is 1. The molecule has 5 rings (SSSR count). The highest BCUT2D eigenvalue weighted by molar-refractivity contribution is 8.04. The second-order valence-corrected chi connectivity index (χ2v) is 8.46. The number of para-hydroxylation sites is 1. The largest absolute Gasteiger partial charge is 0.492 e. The van der Waals surface area contributed by atoms with Crippen LogP contribution in [0.5, 0.6) is 5.75 Å². The Morgan fingerprint density at radius 2 is 2.03 bits per heavy atom. The first-order valence-electron chi connectivity index (χ1n) is 9.97. The summed E-state index contributed by atoms with van der Waals surface area (Å²) in [6, 6.07) is 16.5. The lowest BCUT2D eigenvalue weighted by atomic mass is 10.1. The molecule has 0 bridgehead atoms. The molecule has 148 valence electrons. The molecule has 0 radical (unpaired) electrons.